The van der Waals surface area contributed by atoms with E-state index in [-0.39, 0.29) is 18.3 Å². The van der Waals surface area contributed by atoms with Gasteiger partial charge in [-0.25, -0.2) is 0 Å². The van der Waals surface area contributed by atoms with Crippen molar-refractivity contribution in [2.45, 2.75) is 64.4 Å². The van der Waals surface area contributed by atoms with Gasteiger partial charge in [0.25, 0.3) is 5.91 Å². The summed E-state index contributed by atoms with van der Waals surface area (Å²) in [6, 6.07) is 0. The number of unbranched alkanes of at least 4 members (excludes halogenated alkanes) is 3. The first-order chi connectivity index (χ1) is 9.60. The first-order valence-electron chi connectivity index (χ1n) is 8.15. The standard InChI is InChI=1S/C16H32N2O2.ClH/c1-14(2)8-6-4-5-7-11-18-15(19)16(20-3)9-12-17-13-10-16;/h14,17H,4-13H2,1-3H3,(H,18,19);1H. The summed E-state index contributed by atoms with van der Waals surface area (Å²) in [6.45, 7) is 7.03. The third-order valence-corrected chi connectivity index (χ3v) is 4.21. The molecule has 0 bridgehead atoms. The molecule has 0 atom stereocenters. The van der Waals surface area contributed by atoms with Crippen LogP contribution in [0.5, 0.6) is 0 Å². The van der Waals surface area contributed by atoms with E-state index in [1.54, 1.807) is 7.11 Å². The van der Waals surface area contributed by atoms with E-state index in [1.165, 1.54) is 25.7 Å². The number of hydrogen-bond donors (Lipinski definition) is 2. The van der Waals surface area contributed by atoms with Gasteiger partial charge >= 0.3 is 0 Å². The van der Waals surface area contributed by atoms with E-state index in [9.17, 15) is 4.79 Å². The van der Waals surface area contributed by atoms with Crippen molar-refractivity contribution < 1.29 is 9.53 Å². The quantitative estimate of drug-likeness (QED) is 0.642. The lowest BCUT2D eigenvalue weighted by atomic mass is 9.91. The Morgan fingerprint density at radius 3 is 2.38 bits per heavy atom. The van der Waals surface area contributed by atoms with Crippen molar-refractivity contribution in [3.63, 3.8) is 0 Å². The van der Waals surface area contributed by atoms with Crippen LogP contribution in [0.4, 0.5) is 0 Å². The van der Waals surface area contributed by atoms with E-state index in [2.05, 4.69) is 24.5 Å². The first kappa shape index (κ1) is 20.7. The zero-order chi connectivity index (χ0) is 14.8. The Morgan fingerprint density at radius 1 is 1.19 bits per heavy atom. The first-order valence-corrected chi connectivity index (χ1v) is 8.15. The molecule has 0 aliphatic carbocycles. The van der Waals surface area contributed by atoms with E-state index < -0.39 is 5.60 Å². The normalized spacial score (nSPS) is 17.3. The maximum Gasteiger partial charge on any atom is 0.252 e. The number of carbonyl (C=O) groups excluding carboxylic acids is 1. The van der Waals surface area contributed by atoms with E-state index in [0.29, 0.717) is 0 Å². The minimum atomic E-state index is -0.594. The fraction of sp³-hybridized carbons (Fsp3) is 0.938. The second-order valence-corrected chi connectivity index (χ2v) is 6.30. The van der Waals surface area contributed by atoms with Crippen molar-refractivity contribution in [2.75, 3.05) is 26.7 Å². The van der Waals surface area contributed by atoms with Crippen LogP contribution >= 0.6 is 12.4 Å². The van der Waals surface area contributed by atoms with Crippen molar-refractivity contribution in [3.05, 3.63) is 0 Å². The molecule has 5 heteroatoms. The molecule has 0 aromatic carbocycles. The van der Waals surface area contributed by atoms with Crippen LogP contribution in [-0.4, -0.2) is 38.3 Å². The van der Waals surface area contributed by atoms with Gasteiger partial charge in [0.2, 0.25) is 0 Å². The largest absolute Gasteiger partial charge is 0.368 e. The van der Waals surface area contributed by atoms with Gasteiger partial charge < -0.3 is 15.4 Å². The van der Waals surface area contributed by atoms with Crippen molar-refractivity contribution in [1.29, 1.82) is 0 Å². The molecule has 0 aromatic heterocycles. The minimum Gasteiger partial charge on any atom is -0.368 e. The number of piperidine rings is 1. The molecule has 1 rings (SSSR count). The van der Waals surface area contributed by atoms with E-state index in [1.807, 2.05) is 0 Å². The Bertz CT molecular complexity index is 279. The Hall–Kier alpha value is -0.320. The number of methoxy groups -OCH3 is 1. The minimum absolute atomic E-state index is 0. The summed E-state index contributed by atoms with van der Waals surface area (Å²) >= 11 is 0. The smallest absolute Gasteiger partial charge is 0.252 e. The van der Waals surface area contributed by atoms with Crippen molar-refractivity contribution in [2.24, 2.45) is 5.92 Å². The lowest BCUT2D eigenvalue weighted by molar-refractivity contribution is -0.146. The van der Waals surface area contributed by atoms with Gasteiger partial charge in [-0.2, -0.15) is 0 Å². The number of ether oxygens (including phenoxy) is 1. The third kappa shape index (κ3) is 7.48. The summed E-state index contributed by atoms with van der Waals surface area (Å²) in [4.78, 5) is 12.3. The molecule has 1 fully saturated rings. The molecule has 1 aliphatic rings. The molecule has 0 aromatic rings. The molecule has 21 heavy (non-hydrogen) atoms. The summed E-state index contributed by atoms with van der Waals surface area (Å²) in [7, 11) is 1.65. The van der Waals surface area contributed by atoms with E-state index in [4.69, 9.17) is 4.74 Å². The lowest BCUT2D eigenvalue weighted by Gasteiger charge is -2.34. The SMILES string of the molecule is COC1(C(=O)NCCCCCCC(C)C)CCNCC1.Cl. The topological polar surface area (TPSA) is 50.4 Å². The molecule has 2 N–H and O–H groups in total. The highest BCUT2D eigenvalue weighted by Gasteiger charge is 2.39. The van der Waals surface area contributed by atoms with E-state index >= 15 is 0 Å². The molecule has 0 unspecified atom stereocenters. The lowest BCUT2D eigenvalue weighted by Crippen LogP contribution is -2.54. The zero-order valence-corrected chi connectivity index (χ0v) is 14.7. The van der Waals surface area contributed by atoms with Gasteiger partial charge in [0.1, 0.15) is 5.60 Å². The number of halogens is 1. The molecule has 0 radical (unpaired) electrons. The monoisotopic (exact) mass is 320 g/mol. The van der Waals surface area contributed by atoms with Crippen LogP contribution in [0.15, 0.2) is 0 Å². The average molecular weight is 321 g/mol. The van der Waals surface area contributed by atoms with Crippen molar-refractivity contribution in [1.82, 2.24) is 10.6 Å². The average Bonchev–Trinajstić information content (AvgIpc) is 2.46. The highest BCUT2D eigenvalue weighted by molar-refractivity contribution is 5.85. The van der Waals surface area contributed by atoms with Gasteiger partial charge in [0.05, 0.1) is 0 Å². The molecule has 0 spiro atoms. The summed E-state index contributed by atoms with van der Waals surface area (Å²) < 4.78 is 5.51. The Labute approximate surface area is 136 Å². The fourth-order valence-electron chi connectivity index (χ4n) is 2.75. The Morgan fingerprint density at radius 2 is 1.81 bits per heavy atom. The van der Waals surface area contributed by atoms with Gasteiger partial charge in [0.15, 0.2) is 0 Å². The highest BCUT2D eigenvalue weighted by Crippen LogP contribution is 2.22. The maximum atomic E-state index is 12.3. The zero-order valence-electron chi connectivity index (χ0n) is 13.9. The molecule has 126 valence electrons. The molecule has 1 amide bonds. The highest BCUT2D eigenvalue weighted by atomic mass is 35.5. The molecule has 1 heterocycles. The third-order valence-electron chi connectivity index (χ3n) is 4.21. The van der Waals surface area contributed by atoms with Crippen LogP contribution in [0.3, 0.4) is 0 Å². The second-order valence-electron chi connectivity index (χ2n) is 6.30. The van der Waals surface area contributed by atoms with E-state index in [0.717, 1.165) is 44.8 Å². The summed E-state index contributed by atoms with van der Waals surface area (Å²) in [5.41, 5.74) is -0.594. The molecular weight excluding hydrogens is 288 g/mol. The van der Waals surface area contributed by atoms with Crippen LogP contribution in [0, 0.1) is 5.92 Å². The van der Waals surface area contributed by atoms with Crippen LogP contribution in [0.2, 0.25) is 0 Å². The van der Waals surface area contributed by atoms with Crippen molar-refractivity contribution >= 4 is 18.3 Å². The summed E-state index contributed by atoms with van der Waals surface area (Å²) in [6.07, 6.45) is 7.70. The molecule has 1 aliphatic heterocycles. The predicted molar refractivity (Wildman–Crippen MR) is 90.0 cm³/mol. The fourth-order valence-corrected chi connectivity index (χ4v) is 2.75. The van der Waals surface area contributed by atoms with Gasteiger partial charge in [-0.3, -0.25) is 4.79 Å². The maximum absolute atomic E-state index is 12.3. The number of carbonyl (C=O) groups is 1. The van der Waals surface area contributed by atoms with Crippen LogP contribution in [0.25, 0.3) is 0 Å². The molecular formula is C16H33ClN2O2. The number of rotatable bonds is 9. The van der Waals surface area contributed by atoms with Gasteiger partial charge in [-0.15, -0.1) is 12.4 Å². The van der Waals surface area contributed by atoms with Crippen LogP contribution in [0.1, 0.15) is 58.8 Å². The number of hydrogen-bond acceptors (Lipinski definition) is 3. The van der Waals surface area contributed by atoms with Gasteiger partial charge in [0, 0.05) is 13.7 Å². The van der Waals surface area contributed by atoms with Gasteiger partial charge in [-0.05, 0) is 38.3 Å². The van der Waals surface area contributed by atoms with Crippen LogP contribution < -0.4 is 10.6 Å². The molecule has 0 saturated carbocycles. The summed E-state index contributed by atoms with van der Waals surface area (Å²) in [5, 5.41) is 6.32. The Kier molecular flexibility index (Phi) is 11.1. The summed E-state index contributed by atoms with van der Waals surface area (Å²) in [5.74, 6) is 0.875. The van der Waals surface area contributed by atoms with Gasteiger partial charge in [-0.1, -0.05) is 39.5 Å². The molecule has 1 saturated heterocycles. The molecule has 4 nitrogen and oxygen atoms in total. The number of amides is 1. The van der Waals surface area contributed by atoms with Crippen molar-refractivity contribution in [3.8, 4) is 0 Å². The number of nitrogens with one attached hydrogen (secondary N) is 2. The second kappa shape index (κ2) is 11.3. The predicted octanol–water partition coefficient (Wildman–Crippen LogP) is 2.90. The van der Waals surface area contributed by atoms with Crippen LogP contribution in [-0.2, 0) is 9.53 Å². The Balaban J connectivity index is 0.00000400.